The minimum atomic E-state index is -0.976. The van der Waals surface area contributed by atoms with Crippen molar-refractivity contribution < 1.29 is 14.7 Å². The lowest BCUT2D eigenvalue weighted by atomic mass is 10.0. The molecule has 3 rings (SSSR count). The van der Waals surface area contributed by atoms with Gasteiger partial charge in [0.25, 0.3) is 5.91 Å². The monoisotopic (exact) mass is 383 g/mol. The van der Waals surface area contributed by atoms with Crippen molar-refractivity contribution in [2.24, 2.45) is 0 Å². The Hall–Kier alpha value is -2.44. The predicted octanol–water partition coefficient (Wildman–Crippen LogP) is 4.41. The topological polar surface area (TPSA) is 57.6 Å². The number of benzene rings is 2. The zero-order valence-electron chi connectivity index (χ0n) is 14.1. The fraction of sp³-hybridized carbons (Fsp3) is 0.150. The van der Waals surface area contributed by atoms with Gasteiger partial charge in [-0.25, -0.2) is 0 Å². The molecule has 0 spiro atoms. The van der Waals surface area contributed by atoms with Crippen LogP contribution in [0.1, 0.15) is 29.2 Å². The fourth-order valence-corrected chi connectivity index (χ4v) is 4.12. The summed E-state index contributed by atoms with van der Waals surface area (Å²) >= 11 is 6.60. The molecule has 0 saturated carbocycles. The van der Waals surface area contributed by atoms with Crippen molar-refractivity contribution in [1.82, 2.24) is 4.90 Å². The molecule has 0 radical (unpaired) electrons. The van der Waals surface area contributed by atoms with Crippen molar-refractivity contribution >= 4 is 46.3 Å². The fourth-order valence-electron chi connectivity index (χ4n) is 2.76. The summed E-state index contributed by atoms with van der Waals surface area (Å²) in [6, 6.07) is 16.3. The molecule has 6 heteroatoms. The quantitative estimate of drug-likeness (QED) is 0.612. The van der Waals surface area contributed by atoms with Gasteiger partial charge in [0.15, 0.2) is 0 Å². The second kappa shape index (κ2) is 7.85. The highest BCUT2D eigenvalue weighted by molar-refractivity contribution is 8.26. The van der Waals surface area contributed by atoms with E-state index in [1.807, 2.05) is 61.5 Å². The van der Waals surface area contributed by atoms with Crippen molar-refractivity contribution in [3.05, 3.63) is 76.2 Å². The Morgan fingerprint density at radius 2 is 1.85 bits per heavy atom. The molecule has 1 aliphatic rings. The van der Waals surface area contributed by atoms with Gasteiger partial charge in [0.05, 0.1) is 17.4 Å². The van der Waals surface area contributed by atoms with Crippen LogP contribution in [0, 0.1) is 6.92 Å². The molecule has 26 heavy (non-hydrogen) atoms. The second-order valence-corrected chi connectivity index (χ2v) is 7.66. The number of carbonyl (C=O) groups is 2. The Bertz CT molecular complexity index is 876. The number of nitrogens with zero attached hydrogens (tertiary/aromatic N) is 1. The minimum absolute atomic E-state index is 0.200. The zero-order chi connectivity index (χ0) is 18.7. The predicted molar refractivity (Wildman–Crippen MR) is 108 cm³/mol. The molecule has 0 aliphatic carbocycles. The number of thioether (sulfide) groups is 1. The Morgan fingerprint density at radius 3 is 2.46 bits per heavy atom. The summed E-state index contributed by atoms with van der Waals surface area (Å²) in [5, 5.41) is 9.30. The van der Waals surface area contributed by atoms with E-state index >= 15 is 0 Å². The van der Waals surface area contributed by atoms with E-state index in [-0.39, 0.29) is 12.3 Å². The van der Waals surface area contributed by atoms with Gasteiger partial charge in [0, 0.05) is 0 Å². The van der Waals surface area contributed by atoms with Gasteiger partial charge in [-0.2, -0.15) is 0 Å². The Kier molecular flexibility index (Phi) is 5.54. The van der Waals surface area contributed by atoms with Crippen LogP contribution in [0.25, 0.3) is 6.08 Å². The van der Waals surface area contributed by atoms with E-state index in [4.69, 9.17) is 12.2 Å². The lowest BCUT2D eigenvalue weighted by molar-refractivity contribution is -0.138. The van der Waals surface area contributed by atoms with E-state index in [2.05, 4.69) is 0 Å². The molecule has 0 bridgehead atoms. The summed E-state index contributed by atoms with van der Waals surface area (Å²) in [7, 11) is 0. The van der Waals surface area contributed by atoms with E-state index in [0.717, 1.165) is 16.7 Å². The van der Waals surface area contributed by atoms with Gasteiger partial charge in [0.2, 0.25) is 0 Å². The van der Waals surface area contributed by atoms with E-state index in [0.29, 0.717) is 9.23 Å². The maximum Gasteiger partial charge on any atom is 0.305 e. The molecule has 2 aromatic carbocycles. The highest BCUT2D eigenvalue weighted by Crippen LogP contribution is 2.39. The number of amides is 1. The van der Waals surface area contributed by atoms with Crippen LogP contribution < -0.4 is 0 Å². The van der Waals surface area contributed by atoms with Gasteiger partial charge in [-0.3, -0.25) is 14.5 Å². The number of aliphatic carboxylic acids is 1. The largest absolute Gasteiger partial charge is 0.481 e. The number of hydrogen-bond acceptors (Lipinski definition) is 4. The molecule has 1 saturated heterocycles. The molecule has 1 atom stereocenters. The zero-order valence-corrected chi connectivity index (χ0v) is 15.7. The van der Waals surface area contributed by atoms with Crippen molar-refractivity contribution in [3.63, 3.8) is 0 Å². The lowest BCUT2D eigenvalue weighted by Gasteiger charge is -2.26. The third-order valence-corrected chi connectivity index (χ3v) is 5.39. The van der Waals surface area contributed by atoms with Crippen LogP contribution >= 0.6 is 24.0 Å². The Balaban J connectivity index is 1.93. The van der Waals surface area contributed by atoms with E-state index in [9.17, 15) is 14.7 Å². The summed E-state index contributed by atoms with van der Waals surface area (Å²) in [6.07, 6.45) is 1.59. The van der Waals surface area contributed by atoms with Crippen molar-refractivity contribution in [1.29, 1.82) is 0 Å². The molecule has 1 amide bonds. The van der Waals surface area contributed by atoms with E-state index in [1.54, 1.807) is 6.08 Å². The second-order valence-electron chi connectivity index (χ2n) is 5.99. The SMILES string of the molecule is Cc1ccc(C=C2SC(=S)N([C@H](CC(=O)O)c3ccccc3)C2=O)cc1. The standard InChI is InChI=1S/C20H17NO3S2/c1-13-7-9-14(10-8-13)11-17-19(24)21(20(25)26-17)16(12-18(22)23)15-5-3-2-4-6-15/h2-11,16H,12H2,1H3,(H,22,23)/t16-/m1/s1. The molecule has 0 unspecified atom stereocenters. The molecule has 1 fully saturated rings. The molecule has 132 valence electrons. The number of aryl methyl sites for hydroxylation is 1. The van der Waals surface area contributed by atoms with Gasteiger partial charge in [-0.1, -0.05) is 84.1 Å². The lowest BCUT2D eigenvalue weighted by Crippen LogP contribution is -2.34. The van der Waals surface area contributed by atoms with Gasteiger partial charge in [0.1, 0.15) is 4.32 Å². The Labute approximate surface area is 161 Å². The van der Waals surface area contributed by atoms with Crippen molar-refractivity contribution in [2.75, 3.05) is 0 Å². The highest BCUT2D eigenvalue weighted by atomic mass is 32.2. The smallest absolute Gasteiger partial charge is 0.305 e. The van der Waals surface area contributed by atoms with E-state index in [1.165, 1.54) is 16.7 Å². The maximum absolute atomic E-state index is 12.9. The molecule has 1 heterocycles. The third kappa shape index (κ3) is 4.03. The number of carboxylic acid groups (broad SMARTS) is 1. The number of carbonyl (C=O) groups excluding carboxylic acids is 1. The molecule has 1 N–H and O–H groups in total. The average molecular weight is 383 g/mol. The van der Waals surface area contributed by atoms with Gasteiger partial charge in [-0.15, -0.1) is 0 Å². The van der Waals surface area contributed by atoms with Gasteiger partial charge < -0.3 is 5.11 Å². The third-order valence-electron chi connectivity index (χ3n) is 4.06. The van der Waals surface area contributed by atoms with Crippen LogP contribution in [-0.4, -0.2) is 26.2 Å². The first-order valence-electron chi connectivity index (χ1n) is 8.06. The summed E-state index contributed by atoms with van der Waals surface area (Å²) in [6.45, 7) is 2.00. The van der Waals surface area contributed by atoms with Crippen LogP contribution in [0.4, 0.5) is 0 Å². The summed E-state index contributed by atoms with van der Waals surface area (Å²) < 4.78 is 0.378. The first-order valence-corrected chi connectivity index (χ1v) is 9.28. The summed E-state index contributed by atoms with van der Waals surface area (Å²) in [4.78, 5) is 26.2. The summed E-state index contributed by atoms with van der Waals surface area (Å²) in [5.74, 6) is -1.23. The number of thiocarbonyl (C=S) groups is 1. The molecular weight excluding hydrogens is 366 g/mol. The normalized spacial score (nSPS) is 17.0. The van der Waals surface area contributed by atoms with Crippen molar-refractivity contribution in [3.8, 4) is 0 Å². The molecular formula is C20H17NO3S2. The first-order chi connectivity index (χ1) is 12.5. The van der Waals surface area contributed by atoms with Gasteiger partial charge >= 0.3 is 5.97 Å². The number of carboxylic acids is 1. The highest BCUT2D eigenvalue weighted by Gasteiger charge is 2.38. The van der Waals surface area contributed by atoms with Gasteiger partial charge in [-0.05, 0) is 24.1 Å². The minimum Gasteiger partial charge on any atom is -0.481 e. The van der Waals surface area contributed by atoms with Crippen LogP contribution in [0.3, 0.4) is 0 Å². The average Bonchev–Trinajstić information content (AvgIpc) is 2.89. The van der Waals surface area contributed by atoms with Crippen LogP contribution in [0.2, 0.25) is 0 Å². The van der Waals surface area contributed by atoms with Crippen molar-refractivity contribution in [2.45, 2.75) is 19.4 Å². The van der Waals surface area contributed by atoms with Crippen LogP contribution in [-0.2, 0) is 9.59 Å². The number of rotatable bonds is 5. The molecule has 4 nitrogen and oxygen atoms in total. The summed E-state index contributed by atoms with van der Waals surface area (Å²) in [5.41, 5.74) is 2.80. The molecule has 0 aromatic heterocycles. The first kappa shape index (κ1) is 18.4. The van der Waals surface area contributed by atoms with Crippen LogP contribution in [0.5, 0.6) is 0 Å². The maximum atomic E-state index is 12.9. The van der Waals surface area contributed by atoms with Crippen LogP contribution in [0.15, 0.2) is 59.5 Å². The Morgan fingerprint density at radius 1 is 1.19 bits per heavy atom. The molecule has 2 aromatic rings. The molecule has 1 aliphatic heterocycles. The van der Waals surface area contributed by atoms with E-state index < -0.39 is 12.0 Å². The number of hydrogen-bond donors (Lipinski definition) is 1.